The first-order chi connectivity index (χ1) is 7.52. The van der Waals surface area contributed by atoms with Crippen LogP contribution in [-0.2, 0) is 4.79 Å². The van der Waals surface area contributed by atoms with E-state index in [0.717, 1.165) is 4.57 Å². The molecule has 0 fully saturated rings. The summed E-state index contributed by atoms with van der Waals surface area (Å²) in [4.78, 5) is 10.8. The zero-order valence-corrected chi connectivity index (χ0v) is 11.2. The fourth-order valence-electron chi connectivity index (χ4n) is 1.33. The lowest BCUT2D eigenvalue weighted by Gasteiger charge is -2.13. The second kappa shape index (κ2) is 5.74. The summed E-state index contributed by atoms with van der Waals surface area (Å²) in [5, 5.41) is 37.0. The molecule has 6 nitrogen and oxygen atoms in total. The van der Waals surface area contributed by atoms with E-state index in [9.17, 15) is 15.0 Å². The Bertz CT molecular complexity index is 398. The van der Waals surface area contributed by atoms with Crippen molar-refractivity contribution in [1.82, 2.24) is 4.57 Å². The number of rotatable bonds is 5. The Morgan fingerprint density at radius 3 is 2.69 bits per heavy atom. The molecule has 0 radical (unpaired) electrons. The predicted molar refractivity (Wildman–Crippen MR) is 70.6 cm³/mol. The fraction of sp³-hybridized carbons (Fsp3) is 0.286. The smallest absolute Gasteiger partial charge is 0.329 e. The first-order valence-electron chi connectivity index (χ1n) is 4.32. The number of aromatic hydroxyl groups is 2. The number of nitrogens with zero attached hydrogens (tertiary/aromatic N) is 1. The van der Waals surface area contributed by atoms with Crippen LogP contribution < -0.4 is 5.46 Å². The SMILES string of the molecule is O=C(O)C(CO)n1c(O)cc(BPI)c1O. The molecule has 0 spiro atoms. The van der Waals surface area contributed by atoms with E-state index in [0.29, 0.717) is 18.6 Å². The van der Waals surface area contributed by atoms with Gasteiger partial charge < -0.3 is 20.4 Å². The van der Waals surface area contributed by atoms with Crippen LogP contribution in [0, 0.1) is 0 Å². The zero-order chi connectivity index (χ0) is 12.3. The van der Waals surface area contributed by atoms with Gasteiger partial charge in [0.15, 0.2) is 17.8 Å². The van der Waals surface area contributed by atoms with Crippen molar-refractivity contribution in [2.45, 2.75) is 6.04 Å². The van der Waals surface area contributed by atoms with Gasteiger partial charge in [-0.25, -0.2) is 4.79 Å². The van der Waals surface area contributed by atoms with E-state index in [1.807, 2.05) is 0 Å². The topological polar surface area (TPSA) is 103 Å². The summed E-state index contributed by atoms with van der Waals surface area (Å²) >= 11 is 2.13. The van der Waals surface area contributed by atoms with Crippen molar-refractivity contribution in [1.29, 1.82) is 0 Å². The third kappa shape index (κ3) is 2.61. The Morgan fingerprint density at radius 1 is 1.62 bits per heavy atom. The average molecular weight is 357 g/mol. The van der Waals surface area contributed by atoms with Gasteiger partial charge in [-0.05, 0) is 11.5 Å². The van der Waals surface area contributed by atoms with Crippen molar-refractivity contribution in [2.75, 3.05) is 6.61 Å². The molecule has 0 aromatic carbocycles. The molecule has 1 heterocycles. The molecule has 16 heavy (non-hydrogen) atoms. The Kier molecular flexibility index (Phi) is 4.88. The minimum atomic E-state index is -1.37. The molecule has 1 aromatic rings. The molecule has 0 aliphatic heterocycles. The van der Waals surface area contributed by atoms with Crippen LogP contribution in [0.4, 0.5) is 0 Å². The lowest BCUT2D eigenvalue weighted by atomic mass is 9.98. The van der Waals surface area contributed by atoms with Crippen molar-refractivity contribution in [3.05, 3.63) is 6.07 Å². The first-order valence-corrected chi connectivity index (χ1v) is 8.64. The van der Waals surface area contributed by atoms with Gasteiger partial charge in [0.2, 0.25) is 7.00 Å². The third-order valence-electron chi connectivity index (χ3n) is 2.09. The fourth-order valence-corrected chi connectivity index (χ4v) is 2.97. The molecule has 2 unspecified atom stereocenters. The number of carboxylic acid groups (broad SMARTS) is 1. The minimum Gasteiger partial charge on any atom is -0.495 e. The number of aliphatic hydroxyl groups excluding tert-OH is 1. The standard InChI is InChI=1S/C7H10BINO5P/c9-16-8-3-1-5(12)10(6(3)13)4(2-11)7(14)15/h1,4,8,11-13,16H,2H2,(H,14,15). The van der Waals surface area contributed by atoms with Gasteiger partial charge in [-0.3, -0.25) is 4.57 Å². The highest BCUT2D eigenvalue weighted by Crippen LogP contribution is 2.27. The minimum absolute atomic E-state index is 0.303. The normalized spacial score (nSPS) is 13.1. The third-order valence-corrected chi connectivity index (χ3v) is 3.75. The van der Waals surface area contributed by atoms with E-state index < -0.39 is 18.6 Å². The summed E-state index contributed by atoms with van der Waals surface area (Å²) in [6, 6.07) is -0.0571. The summed E-state index contributed by atoms with van der Waals surface area (Å²) in [6.45, 7) is -0.151. The highest BCUT2D eigenvalue weighted by atomic mass is 127. The van der Waals surface area contributed by atoms with Gasteiger partial charge in [0.1, 0.15) is 0 Å². The van der Waals surface area contributed by atoms with Crippen LogP contribution in [0.15, 0.2) is 6.07 Å². The molecule has 0 saturated carbocycles. The van der Waals surface area contributed by atoms with Crippen molar-refractivity contribution in [3.8, 4) is 11.8 Å². The van der Waals surface area contributed by atoms with Gasteiger partial charge in [-0.1, -0.05) is 28.1 Å². The number of carbonyl (C=O) groups is 1. The molecule has 9 heteroatoms. The molecular formula is C7H10BINO5P. The van der Waals surface area contributed by atoms with Crippen LogP contribution in [0.2, 0.25) is 0 Å². The lowest BCUT2D eigenvalue weighted by Crippen LogP contribution is -2.23. The van der Waals surface area contributed by atoms with Gasteiger partial charge >= 0.3 is 5.97 Å². The summed E-state index contributed by atoms with van der Waals surface area (Å²) in [5.41, 5.74) is 0.477. The summed E-state index contributed by atoms with van der Waals surface area (Å²) in [7, 11) is 0. The second-order valence-corrected chi connectivity index (χ2v) is 5.98. The van der Waals surface area contributed by atoms with Crippen molar-refractivity contribution >= 4 is 46.6 Å². The molecule has 0 saturated heterocycles. The highest BCUT2D eigenvalue weighted by molar-refractivity contribution is 14.2. The molecule has 2 atom stereocenters. The summed E-state index contributed by atoms with van der Waals surface area (Å²) in [6.07, 6.45) is 0.506. The quantitative estimate of drug-likeness (QED) is 0.324. The lowest BCUT2D eigenvalue weighted by molar-refractivity contribution is -0.142. The molecule has 0 bridgehead atoms. The van der Waals surface area contributed by atoms with E-state index >= 15 is 0 Å². The van der Waals surface area contributed by atoms with Crippen LogP contribution in [0.25, 0.3) is 0 Å². The zero-order valence-electron chi connectivity index (χ0n) is 8.09. The Hall–Kier alpha value is -0.465. The molecule has 1 rings (SSSR count). The second-order valence-electron chi connectivity index (χ2n) is 3.07. The molecule has 0 aliphatic rings. The molecule has 0 amide bonds. The summed E-state index contributed by atoms with van der Waals surface area (Å²) in [5.74, 6) is -1.97. The monoisotopic (exact) mass is 357 g/mol. The van der Waals surface area contributed by atoms with Crippen LogP contribution in [0.3, 0.4) is 0 Å². The van der Waals surface area contributed by atoms with E-state index in [2.05, 4.69) is 22.0 Å². The van der Waals surface area contributed by atoms with Gasteiger partial charge in [-0.15, -0.1) is 0 Å². The summed E-state index contributed by atoms with van der Waals surface area (Å²) < 4.78 is 0.814. The number of aromatic nitrogens is 1. The van der Waals surface area contributed by atoms with Crippen LogP contribution in [-0.4, -0.2) is 44.6 Å². The molecule has 1 aromatic heterocycles. The predicted octanol–water partition coefficient (Wildman–Crippen LogP) is -0.477. The largest absolute Gasteiger partial charge is 0.495 e. The number of aliphatic hydroxyl groups is 1. The number of hydrogen-bond acceptors (Lipinski definition) is 4. The average Bonchev–Trinajstić information content (AvgIpc) is 2.47. The highest BCUT2D eigenvalue weighted by Gasteiger charge is 2.26. The molecular weight excluding hydrogens is 347 g/mol. The van der Waals surface area contributed by atoms with Crippen LogP contribution in [0.1, 0.15) is 6.04 Å². The van der Waals surface area contributed by atoms with E-state index in [1.54, 1.807) is 0 Å². The van der Waals surface area contributed by atoms with Crippen molar-refractivity contribution < 1.29 is 25.2 Å². The maximum atomic E-state index is 10.8. The Labute approximate surface area is 107 Å². The van der Waals surface area contributed by atoms with Crippen molar-refractivity contribution in [3.63, 3.8) is 0 Å². The van der Waals surface area contributed by atoms with Gasteiger partial charge in [0.25, 0.3) is 0 Å². The number of hydrogen-bond donors (Lipinski definition) is 4. The Balaban J connectivity index is 3.16. The van der Waals surface area contributed by atoms with Crippen LogP contribution in [0.5, 0.6) is 11.8 Å². The van der Waals surface area contributed by atoms with E-state index in [4.69, 9.17) is 10.2 Å². The van der Waals surface area contributed by atoms with E-state index in [1.165, 1.54) is 6.07 Å². The number of aliphatic carboxylic acids is 1. The molecule has 88 valence electrons. The maximum absolute atomic E-state index is 10.8. The van der Waals surface area contributed by atoms with E-state index in [-0.39, 0.29) is 11.8 Å². The van der Waals surface area contributed by atoms with Crippen LogP contribution >= 0.6 is 28.1 Å². The van der Waals surface area contributed by atoms with Gasteiger partial charge in [-0.2, -0.15) is 0 Å². The molecule has 4 N–H and O–H groups in total. The van der Waals surface area contributed by atoms with Gasteiger partial charge in [0, 0.05) is 0 Å². The maximum Gasteiger partial charge on any atom is 0.329 e. The Morgan fingerprint density at radius 2 is 2.25 bits per heavy atom. The first kappa shape index (κ1) is 13.6. The number of halogens is 1. The van der Waals surface area contributed by atoms with Crippen molar-refractivity contribution in [2.24, 2.45) is 0 Å². The van der Waals surface area contributed by atoms with Gasteiger partial charge in [0.05, 0.1) is 6.61 Å². The molecule has 0 aliphatic carbocycles. The number of carboxylic acids is 1.